The Hall–Kier alpha value is -2.14. The lowest BCUT2D eigenvalue weighted by Gasteiger charge is -2.35. The van der Waals surface area contributed by atoms with Crippen LogP contribution in [0.5, 0.6) is 0 Å². The normalized spacial score (nSPS) is 23.0. The Morgan fingerprint density at radius 2 is 1.96 bits per heavy atom. The van der Waals surface area contributed by atoms with Gasteiger partial charge >= 0.3 is 0 Å². The molecule has 1 aliphatic heterocycles. The summed E-state index contributed by atoms with van der Waals surface area (Å²) in [5.41, 5.74) is 2.94. The van der Waals surface area contributed by atoms with Gasteiger partial charge < -0.3 is 10.1 Å². The number of hydrogen-bond donors (Lipinski definition) is 1. The second-order valence-electron chi connectivity index (χ2n) is 7.24. The van der Waals surface area contributed by atoms with E-state index in [2.05, 4.69) is 30.3 Å². The fourth-order valence-electron chi connectivity index (χ4n) is 3.71. The van der Waals surface area contributed by atoms with Crippen molar-refractivity contribution >= 4 is 5.91 Å². The number of rotatable bonds is 6. The first-order valence-corrected chi connectivity index (χ1v) is 9.57. The van der Waals surface area contributed by atoms with Crippen LogP contribution in [0, 0.1) is 13.8 Å². The molecule has 0 bridgehead atoms. The summed E-state index contributed by atoms with van der Waals surface area (Å²) in [5.74, 6) is 0.00430. The van der Waals surface area contributed by atoms with Crippen molar-refractivity contribution in [2.75, 3.05) is 0 Å². The largest absolute Gasteiger partial charge is 0.375 e. The van der Waals surface area contributed by atoms with Crippen LogP contribution in [-0.4, -0.2) is 33.9 Å². The molecule has 1 aliphatic rings. The van der Waals surface area contributed by atoms with Crippen LogP contribution in [0.1, 0.15) is 54.4 Å². The Morgan fingerprint density at radius 1 is 1.23 bits per heavy atom. The molecule has 1 fully saturated rings. The number of nitrogens with one attached hydrogen (secondary N) is 1. The fraction of sp³-hybridized carbons (Fsp3) is 0.524. The molecule has 5 heteroatoms. The minimum atomic E-state index is 0.00430. The Labute approximate surface area is 155 Å². The molecule has 26 heavy (non-hydrogen) atoms. The summed E-state index contributed by atoms with van der Waals surface area (Å²) in [6, 6.07) is 11.7. The number of hydrogen-bond acceptors (Lipinski definition) is 3. The molecule has 1 N–H and O–H groups in total. The summed E-state index contributed by atoms with van der Waals surface area (Å²) >= 11 is 0. The Morgan fingerprint density at radius 3 is 2.62 bits per heavy atom. The summed E-state index contributed by atoms with van der Waals surface area (Å²) in [4.78, 5) is 12.5. The van der Waals surface area contributed by atoms with Gasteiger partial charge in [-0.05, 0) is 57.7 Å². The molecular formula is C21H29N3O2. The van der Waals surface area contributed by atoms with Crippen molar-refractivity contribution in [3.63, 3.8) is 0 Å². The number of nitrogens with zero attached hydrogens (tertiary/aromatic N) is 2. The second-order valence-corrected chi connectivity index (χ2v) is 7.24. The lowest BCUT2D eigenvalue weighted by Crippen LogP contribution is -2.45. The highest BCUT2D eigenvalue weighted by Crippen LogP contribution is 2.24. The quantitative estimate of drug-likeness (QED) is 0.860. The predicted molar refractivity (Wildman–Crippen MR) is 102 cm³/mol. The van der Waals surface area contributed by atoms with E-state index in [0.29, 0.717) is 5.56 Å². The van der Waals surface area contributed by atoms with Gasteiger partial charge in [0.1, 0.15) is 0 Å². The van der Waals surface area contributed by atoms with Crippen molar-refractivity contribution in [3.8, 4) is 0 Å². The van der Waals surface area contributed by atoms with Crippen LogP contribution < -0.4 is 5.32 Å². The van der Waals surface area contributed by atoms with Gasteiger partial charge in [0.2, 0.25) is 0 Å². The molecule has 1 amide bonds. The van der Waals surface area contributed by atoms with Gasteiger partial charge in [-0.2, -0.15) is 5.10 Å². The minimum Gasteiger partial charge on any atom is -0.375 e. The van der Waals surface area contributed by atoms with Crippen LogP contribution in [0.25, 0.3) is 0 Å². The Balaban J connectivity index is 1.59. The van der Waals surface area contributed by atoms with Gasteiger partial charge in [-0.1, -0.05) is 25.1 Å². The smallest absolute Gasteiger partial charge is 0.251 e. The van der Waals surface area contributed by atoms with E-state index in [1.807, 2.05) is 41.9 Å². The maximum absolute atomic E-state index is 12.5. The van der Waals surface area contributed by atoms with Crippen molar-refractivity contribution in [3.05, 3.63) is 53.3 Å². The van der Waals surface area contributed by atoms with Crippen LogP contribution in [0.3, 0.4) is 0 Å². The van der Waals surface area contributed by atoms with Crippen LogP contribution in [-0.2, 0) is 11.3 Å². The summed E-state index contributed by atoms with van der Waals surface area (Å²) in [7, 11) is 0. The number of amides is 1. The fourth-order valence-corrected chi connectivity index (χ4v) is 3.71. The average Bonchev–Trinajstić information content (AvgIpc) is 2.97. The van der Waals surface area contributed by atoms with E-state index in [0.717, 1.165) is 37.9 Å². The summed E-state index contributed by atoms with van der Waals surface area (Å²) in [6.45, 7) is 7.09. The van der Waals surface area contributed by atoms with E-state index in [1.54, 1.807) is 0 Å². The highest BCUT2D eigenvalue weighted by Gasteiger charge is 2.29. The molecule has 3 unspecified atom stereocenters. The number of benzene rings is 1. The first kappa shape index (κ1) is 18.6. The first-order chi connectivity index (χ1) is 12.5. The third kappa shape index (κ3) is 4.73. The molecule has 0 radical (unpaired) electrons. The van der Waals surface area contributed by atoms with Gasteiger partial charge in [0.15, 0.2) is 0 Å². The standard InChI is InChI=1S/C21H29N3O2/c1-4-19-13-18(22-21(25)17-8-6-5-7-9-17)14-20(26-19)10-11-24-16(3)12-15(2)23-24/h5-9,12,18-20H,4,10-11,13-14H2,1-3H3,(H,22,25). The maximum Gasteiger partial charge on any atom is 0.251 e. The zero-order valence-corrected chi connectivity index (χ0v) is 15.9. The van der Waals surface area contributed by atoms with Crippen LogP contribution in [0.2, 0.25) is 0 Å². The zero-order chi connectivity index (χ0) is 18.5. The number of carbonyl (C=O) groups excluding carboxylic acids is 1. The van der Waals surface area contributed by atoms with Crippen molar-refractivity contribution in [2.24, 2.45) is 0 Å². The lowest BCUT2D eigenvalue weighted by atomic mass is 9.95. The van der Waals surface area contributed by atoms with E-state index >= 15 is 0 Å². The second kappa shape index (κ2) is 8.49. The molecule has 3 atom stereocenters. The highest BCUT2D eigenvalue weighted by molar-refractivity contribution is 5.94. The van der Waals surface area contributed by atoms with Crippen LogP contribution in [0.4, 0.5) is 0 Å². The van der Waals surface area contributed by atoms with Gasteiger partial charge in [0.25, 0.3) is 5.91 Å². The van der Waals surface area contributed by atoms with E-state index in [9.17, 15) is 4.79 Å². The molecule has 0 spiro atoms. The molecule has 3 rings (SSSR count). The van der Waals surface area contributed by atoms with Crippen molar-refractivity contribution < 1.29 is 9.53 Å². The van der Waals surface area contributed by atoms with Gasteiger partial charge in [-0.25, -0.2) is 0 Å². The third-order valence-electron chi connectivity index (χ3n) is 5.07. The molecule has 5 nitrogen and oxygen atoms in total. The molecule has 0 aliphatic carbocycles. The van der Waals surface area contributed by atoms with E-state index in [1.165, 1.54) is 5.69 Å². The monoisotopic (exact) mass is 355 g/mol. The average molecular weight is 355 g/mol. The topological polar surface area (TPSA) is 56.2 Å². The lowest BCUT2D eigenvalue weighted by molar-refractivity contribution is -0.0661. The van der Waals surface area contributed by atoms with Crippen molar-refractivity contribution in [1.29, 1.82) is 0 Å². The Kier molecular flexibility index (Phi) is 6.09. The van der Waals surface area contributed by atoms with Crippen LogP contribution >= 0.6 is 0 Å². The highest BCUT2D eigenvalue weighted by atomic mass is 16.5. The van der Waals surface area contributed by atoms with E-state index < -0.39 is 0 Å². The summed E-state index contributed by atoms with van der Waals surface area (Å²) in [6.07, 6.45) is 3.97. The molecule has 1 saturated heterocycles. The molecular weight excluding hydrogens is 326 g/mol. The molecule has 0 saturated carbocycles. The SMILES string of the molecule is CCC1CC(NC(=O)c2ccccc2)CC(CCn2nc(C)cc2C)O1. The summed E-state index contributed by atoms with van der Waals surface area (Å²) in [5, 5.41) is 7.73. The van der Waals surface area contributed by atoms with Gasteiger partial charge in [0.05, 0.1) is 17.9 Å². The maximum atomic E-state index is 12.5. The van der Waals surface area contributed by atoms with E-state index in [-0.39, 0.29) is 24.2 Å². The molecule has 1 aromatic heterocycles. The predicted octanol–water partition coefficient (Wildman–Crippen LogP) is 3.65. The van der Waals surface area contributed by atoms with Gasteiger partial charge in [0, 0.05) is 23.8 Å². The third-order valence-corrected chi connectivity index (χ3v) is 5.07. The number of aromatic nitrogens is 2. The minimum absolute atomic E-state index is 0.00430. The molecule has 1 aromatic carbocycles. The number of ether oxygens (including phenoxy) is 1. The number of aryl methyl sites for hydroxylation is 3. The van der Waals surface area contributed by atoms with Crippen LogP contribution in [0.15, 0.2) is 36.4 Å². The Bertz CT molecular complexity index is 726. The van der Waals surface area contributed by atoms with Gasteiger partial charge in [-0.15, -0.1) is 0 Å². The first-order valence-electron chi connectivity index (χ1n) is 9.57. The molecule has 2 aromatic rings. The molecule has 140 valence electrons. The van der Waals surface area contributed by atoms with Gasteiger partial charge in [-0.3, -0.25) is 9.48 Å². The van der Waals surface area contributed by atoms with E-state index in [4.69, 9.17) is 4.74 Å². The molecule has 2 heterocycles. The van der Waals surface area contributed by atoms with Crippen molar-refractivity contribution in [1.82, 2.24) is 15.1 Å². The van der Waals surface area contributed by atoms with Crippen molar-refractivity contribution in [2.45, 2.75) is 71.2 Å². The summed E-state index contributed by atoms with van der Waals surface area (Å²) < 4.78 is 8.28. The zero-order valence-electron chi connectivity index (χ0n) is 15.9. The number of carbonyl (C=O) groups is 1.